The van der Waals surface area contributed by atoms with Crippen molar-refractivity contribution < 1.29 is 14.6 Å². The highest BCUT2D eigenvalue weighted by Crippen LogP contribution is 2.24. The molecule has 1 N–H and O–H groups in total. The van der Waals surface area contributed by atoms with Crippen LogP contribution >= 0.6 is 0 Å². The van der Waals surface area contributed by atoms with Gasteiger partial charge in [-0.05, 0) is 12.8 Å². The van der Waals surface area contributed by atoms with Crippen LogP contribution in [0.3, 0.4) is 0 Å². The van der Waals surface area contributed by atoms with Crippen LogP contribution in [0.25, 0.3) is 0 Å². The summed E-state index contributed by atoms with van der Waals surface area (Å²) in [4.78, 5) is 14.2. The second kappa shape index (κ2) is 6.36. The highest BCUT2D eigenvalue weighted by molar-refractivity contribution is 5.81. The zero-order valence-corrected chi connectivity index (χ0v) is 10.4. The highest BCUT2D eigenvalue weighted by Gasteiger charge is 2.33. The minimum atomic E-state index is -0.406. The van der Waals surface area contributed by atoms with Gasteiger partial charge in [0, 0.05) is 25.6 Å². The zero-order chi connectivity index (χ0) is 12.1. The van der Waals surface area contributed by atoms with Gasteiger partial charge in [0.1, 0.15) is 6.10 Å². The predicted molar refractivity (Wildman–Crippen MR) is 64.6 cm³/mol. The summed E-state index contributed by atoms with van der Waals surface area (Å²) in [5.41, 5.74) is 0. The number of hydrogen-bond donors (Lipinski definition) is 1. The molecule has 0 aromatic rings. The third-order valence-corrected chi connectivity index (χ3v) is 3.87. The first kappa shape index (κ1) is 12.8. The standard InChI is InChI=1S/C13H23NO3/c15-9-7-12-13(16)14(8-10-17-12)11-5-3-1-2-4-6-11/h11-12,15H,1-10H2. The molecule has 17 heavy (non-hydrogen) atoms. The summed E-state index contributed by atoms with van der Waals surface area (Å²) < 4.78 is 5.43. The van der Waals surface area contributed by atoms with Gasteiger partial charge >= 0.3 is 0 Å². The van der Waals surface area contributed by atoms with E-state index < -0.39 is 6.10 Å². The summed E-state index contributed by atoms with van der Waals surface area (Å²) in [6.45, 7) is 1.37. The molecular weight excluding hydrogens is 218 g/mol. The summed E-state index contributed by atoms with van der Waals surface area (Å²) in [5, 5.41) is 8.93. The van der Waals surface area contributed by atoms with Crippen molar-refractivity contribution in [3.63, 3.8) is 0 Å². The number of carbonyl (C=O) groups excluding carboxylic acids is 1. The molecule has 4 heteroatoms. The number of aliphatic hydroxyl groups excluding tert-OH is 1. The van der Waals surface area contributed by atoms with E-state index in [0.717, 1.165) is 19.4 Å². The molecule has 0 aromatic heterocycles. The number of rotatable bonds is 3. The first-order chi connectivity index (χ1) is 8.33. The molecule has 1 unspecified atom stereocenters. The number of hydrogen-bond acceptors (Lipinski definition) is 3. The molecule has 1 saturated carbocycles. The maximum Gasteiger partial charge on any atom is 0.252 e. The molecule has 1 aliphatic carbocycles. The van der Waals surface area contributed by atoms with E-state index in [1.165, 1.54) is 25.7 Å². The normalized spacial score (nSPS) is 28.2. The molecule has 1 atom stereocenters. The van der Waals surface area contributed by atoms with Crippen molar-refractivity contribution in [1.82, 2.24) is 4.90 Å². The summed E-state index contributed by atoms with van der Waals surface area (Å²) in [6.07, 6.45) is 7.37. The number of carbonyl (C=O) groups is 1. The number of aliphatic hydroxyl groups is 1. The minimum Gasteiger partial charge on any atom is -0.396 e. The maximum absolute atomic E-state index is 12.2. The molecule has 98 valence electrons. The first-order valence-electron chi connectivity index (χ1n) is 6.86. The van der Waals surface area contributed by atoms with Crippen LogP contribution in [0, 0.1) is 0 Å². The van der Waals surface area contributed by atoms with Gasteiger partial charge in [0.15, 0.2) is 0 Å². The van der Waals surface area contributed by atoms with Crippen LogP contribution in [-0.4, -0.2) is 47.8 Å². The van der Waals surface area contributed by atoms with E-state index in [9.17, 15) is 4.79 Å². The second-order valence-corrected chi connectivity index (χ2v) is 5.05. The molecule has 1 amide bonds. The second-order valence-electron chi connectivity index (χ2n) is 5.05. The molecular formula is C13H23NO3. The number of amides is 1. The van der Waals surface area contributed by atoms with Gasteiger partial charge in [0.05, 0.1) is 6.61 Å². The van der Waals surface area contributed by atoms with Crippen molar-refractivity contribution >= 4 is 5.91 Å². The van der Waals surface area contributed by atoms with Crippen molar-refractivity contribution in [1.29, 1.82) is 0 Å². The van der Waals surface area contributed by atoms with Crippen LogP contribution < -0.4 is 0 Å². The first-order valence-corrected chi connectivity index (χ1v) is 6.86. The van der Waals surface area contributed by atoms with Gasteiger partial charge in [-0.15, -0.1) is 0 Å². The Morgan fingerprint density at radius 2 is 1.94 bits per heavy atom. The SMILES string of the molecule is O=C1C(CCO)OCCN1C1CCCCCC1. The van der Waals surface area contributed by atoms with Crippen molar-refractivity contribution in [3.8, 4) is 0 Å². The van der Waals surface area contributed by atoms with E-state index in [4.69, 9.17) is 9.84 Å². The van der Waals surface area contributed by atoms with Gasteiger partial charge < -0.3 is 14.7 Å². The average molecular weight is 241 g/mol. The van der Waals surface area contributed by atoms with Crippen LogP contribution in [-0.2, 0) is 9.53 Å². The lowest BCUT2D eigenvalue weighted by Crippen LogP contribution is -2.52. The fourth-order valence-corrected chi connectivity index (χ4v) is 2.92. The lowest BCUT2D eigenvalue weighted by atomic mass is 10.0. The van der Waals surface area contributed by atoms with Crippen LogP contribution in [0.1, 0.15) is 44.9 Å². The van der Waals surface area contributed by atoms with E-state index in [-0.39, 0.29) is 12.5 Å². The molecule has 0 spiro atoms. The third-order valence-electron chi connectivity index (χ3n) is 3.87. The van der Waals surface area contributed by atoms with Gasteiger partial charge in [0.2, 0.25) is 0 Å². The Morgan fingerprint density at radius 3 is 2.59 bits per heavy atom. The number of ether oxygens (including phenoxy) is 1. The molecule has 0 radical (unpaired) electrons. The van der Waals surface area contributed by atoms with Crippen LogP contribution in [0.5, 0.6) is 0 Å². The van der Waals surface area contributed by atoms with Crippen molar-refractivity contribution in [2.24, 2.45) is 0 Å². The number of morpholine rings is 1. The van der Waals surface area contributed by atoms with Gasteiger partial charge in [-0.3, -0.25) is 4.79 Å². The Bertz CT molecular complexity index is 247. The van der Waals surface area contributed by atoms with E-state index in [1.54, 1.807) is 0 Å². The Kier molecular flexibility index (Phi) is 4.80. The third kappa shape index (κ3) is 3.19. The molecule has 4 nitrogen and oxygen atoms in total. The van der Waals surface area contributed by atoms with Gasteiger partial charge in [-0.2, -0.15) is 0 Å². The van der Waals surface area contributed by atoms with E-state index in [0.29, 0.717) is 19.1 Å². The molecule has 2 fully saturated rings. The summed E-state index contributed by atoms with van der Waals surface area (Å²) >= 11 is 0. The lowest BCUT2D eigenvalue weighted by Gasteiger charge is -2.37. The molecule has 2 rings (SSSR count). The average Bonchev–Trinajstić information content (AvgIpc) is 2.61. The number of nitrogens with zero attached hydrogens (tertiary/aromatic N) is 1. The minimum absolute atomic E-state index is 0.0227. The van der Waals surface area contributed by atoms with E-state index in [1.807, 2.05) is 4.90 Å². The molecule has 1 aliphatic heterocycles. The Hall–Kier alpha value is -0.610. The Balaban J connectivity index is 1.95. The van der Waals surface area contributed by atoms with Crippen molar-refractivity contribution in [2.75, 3.05) is 19.8 Å². The summed E-state index contributed by atoms with van der Waals surface area (Å²) in [7, 11) is 0. The fourth-order valence-electron chi connectivity index (χ4n) is 2.92. The Labute approximate surface area is 103 Å². The van der Waals surface area contributed by atoms with Crippen molar-refractivity contribution in [2.45, 2.75) is 57.1 Å². The fraction of sp³-hybridized carbons (Fsp3) is 0.923. The molecule has 0 aromatic carbocycles. The van der Waals surface area contributed by atoms with Gasteiger partial charge in [-0.25, -0.2) is 0 Å². The molecule has 2 aliphatic rings. The molecule has 0 bridgehead atoms. The Morgan fingerprint density at radius 1 is 1.24 bits per heavy atom. The van der Waals surface area contributed by atoms with Crippen molar-refractivity contribution in [3.05, 3.63) is 0 Å². The highest BCUT2D eigenvalue weighted by atomic mass is 16.5. The summed E-state index contributed by atoms with van der Waals surface area (Å²) in [6, 6.07) is 0.412. The van der Waals surface area contributed by atoms with Crippen LogP contribution in [0.4, 0.5) is 0 Å². The van der Waals surface area contributed by atoms with Crippen LogP contribution in [0.15, 0.2) is 0 Å². The molecule has 1 heterocycles. The quantitative estimate of drug-likeness (QED) is 0.758. The van der Waals surface area contributed by atoms with Gasteiger partial charge in [0.25, 0.3) is 5.91 Å². The van der Waals surface area contributed by atoms with Crippen LogP contribution in [0.2, 0.25) is 0 Å². The topological polar surface area (TPSA) is 49.8 Å². The maximum atomic E-state index is 12.2. The predicted octanol–water partition coefficient (Wildman–Crippen LogP) is 1.32. The lowest BCUT2D eigenvalue weighted by molar-refractivity contribution is -0.157. The largest absolute Gasteiger partial charge is 0.396 e. The molecule has 1 saturated heterocycles. The zero-order valence-electron chi connectivity index (χ0n) is 10.4. The monoisotopic (exact) mass is 241 g/mol. The smallest absolute Gasteiger partial charge is 0.252 e. The van der Waals surface area contributed by atoms with E-state index in [2.05, 4.69) is 0 Å². The van der Waals surface area contributed by atoms with Gasteiger partial charge in [-0.1, -0.05) is 25.7 Å². The summed E-state index contributed by atoms with van der Waals surface area (Å²) in [5.74, 6) is 0.0946. The van der Waals surface area contributed by atoms with E-state index >= 15 is 0 Å².